The Balaban J connectivity index is 1.57. The van der Waals surface area contributed by atoms with Gasteiger partial charge in [-0.1, -0.05) is 0 Å². The molecule has 5 rings (SSSR count). The standard InChI is InChI=1S/C25H17F4N5O2/c1-35-22-8-4-15(24(32-22)36-2)13-11-30-25(31-12-13)34-21-7-3-14(26)9-17(21)20(33-34)10-16-18(27)5-6-19(28)23(16)29/h3-9,11-12H,10H2,1-2H3. The lowest BCUT2D eigenvalue weighted by Crippen LogP contribution is -2.05. The van der Waals surface area contributed by atoms with Crippen molar-refractivity contribution in [1.82, 2.24) is 24.7 Å². The molecule has 5 aromatic rings. The van der Waals surface area contributed by atoms with E-state index in [-0.39, 0.29) is 17.0 Å². The molecule has 36 heavy (non-hydrogen) atoms. The zero-order chi connectivity index (χ0) is 25.4. The molecule has 2 aromatic carbocycles. The monoisotopic (exact) mass is 495 g/mol. The Morgan fingerprint density at radius 3 is 2.33 bits per heavy atom. The molecule has 0 spiro atoms. The average Bonchev–Trinajstić information content (AvgIpc) is 3.25. The minimum atomic E-state index is -1.32. The quantitative estimate of drug-likeness (QED) is 0.243. The topological polar surface area (TPSA) is 75.0 Å². The Morgan fingerprint density at radius 2 is 1.61 bits per heavy atom. The number of halogens is 4. The molecule has 11 heteroatoms. The molecule has 0 radical (unpaired) electrons. The predicted molar refractivity (Wildman–Crippen MR) is 122 cm³/mol. The molecule has 0 fully saturated rings. The summed E-state index contributed by atoms with van der Waals surface area (Å²) in [7, 11) is 2.96. The van der Waals surface area contributed by atoms with E-state index in [2.05, 4.69) is 20.1 Å². The average molecular weight is 495 g/mol. The van der Waals surface area contributed by atoms with Gasteiger partial charge >= 0.3 is 0 Å². The number of hydrogen-bond acceptors (Lipinski definition) is 6. The van der Waals surface area contributed by atoms with Crippen LogP contribution in [0.5, 0.6) is 11.8 Å². The third kappa shape index (κ3) is 4.08. The minimum absolute atomic E-state index is 0.126. The summed E-state index contributed by atoms with van der Waals surface area (Å²) in [6.07, 6.45) is 2.64. The zero-order valence-corrected chi connectivity index (χ0v) is 19.0. The van der Waals surface area contributed by atoms with Crippen molar-refractivity contribution in [2.24, 2.45) is 0 Å². The lowest BCUT2D eigenvalue weighted by atomic mass is 10.1. The van der Waals surface area contributed by atoms with Gasteiger partial charge in [-0.2, -0.15) is 14.8 Å². The number of ether oxygens (including phenoxy) is 2. The van der Waals surface area contributed by atoms with E-state index in [1.807, 2.05) is 0 Å². The fourth-order valence-corrected chi connectivity index (χ4v) is 3.82. The van der Waals surface area contributed by atoms with Gasteiger partial charge in [0.15, 0.2) is 11.6 Å². The van der Waals surface area contributed by atoms with E-state index in [4.69, 9.17) is 9.47 Å². The van der Waals surface area contributed by atoms with Gasteiger partial charge in [0.2, 0.25) is 11.8 Å². The van der Waals surface area contributed by atoms with E-state index in [9.17, 15) is 17.6 Å². The van der Waals surface area contributed by atoms with Crippen LogP contribution >= 0.6 is 0 Å². The van der Waals surface area contributed by atoms with Crippen LogP contribution in [0.3, 0.4) is 0 Å². The summed E-state index contributed by atoms with van der Waals surface area (Å²) >= 11 is 0. The number of nitrogens with zero attached hydrogens (tertiary/aromatic N) is 5. The predicted octanol–water partition coefficient (Wildman–Crippen LogP) is 5.04. The Labute approximate surface area is 202 Å². The van der Waals surface area contributed by atoms with Crippen LogP contribution in [0.25, 0.3) is 28.0 Å². The molecular formula is C25H17F4N5O2. The van der Waals surface area contributed by atoms with Crippen LogP contribution in [0.2, 0.25) is 0 Å². The molecule has 182 valence electrons. The van der Waals surface area contributed by atoms with E-state index in [0.29, 0.717) is 34.5 Å². The molecule has 0 aliphatic rings. The summed E-state index contributed by atoms with van der Waals surface area (Å²) in [5, 5.41) is 4.67. The summed E-state index contributed by atoms with van der Waals surface area (Å²) in [6.45, 7) is 0. The van der Waals surface area contributed by atoms with Crippen LogP contribution in [0, 0.1) is 23.3 Å². The summed E-state index contributed by atoms with van der Waals surface area (Å²) in [4.78, 5) is 13.0. The maximum absolute atomic E-state index is 14.3. The largest absolute Gasteiger partial charge is 0.481 e. The molecule has 0 atom stereocenters. The Morgan fingerprint density at radius 1 is 0.861 bits per heavy atom. The molecule has 0 saturated heterocycles. The smallest absolute Gasteiger partial charge is 0.251 e. The van der Waals surface area contributed by atoms with Crippen LogP contribution in [-0.2, 0) is 6.42 Å². The number of fused-ring (bicyclic) bond motifs is 1. The zero-order valence-electron chi connectivity index (χ0n) is 19.0. The Kier molecular flexibility index (Phi) is 5.96. The molecule has 0 N–H and O–H groups in total. The molecular weight excluding hydrogens is 478 g/mol. The van der Waals surface area contributed by atoms with Crippen LogP contribution in [0.15, 0.2) is 54.9 Å². The Hall–Kier alpha value is -4.54. The van der Waals surface area contributed by atoms with Crippen molar-refractivity contribution in [2.45, 2.75) is 6.42 Å². The third-order valence-electron chi connectivity index (χ3n) is 5.58. The van der Waals surface area contributed by atoms with Crippen LogP contribution < -0.4 is 9.47 Å². The summed E-state index contributed by atoms with van der Waals surface area (Å²) in [5.41, 5.74) is 1.23. The third-order valence-corrected chi connectivity index (χ3v) is 5.58. The number of pyridine rings is 1. The van der Waals surface area contributed by atoms with Crippen LogP contribution in [0.1, 0.15) is 11.3 Å². The van der Waals surface area contributed by atoms with Gasteiger partial charge < -0.3 is 9.47 Å². The van der Waals surface area contributed by atoms with E-state index in [1.54, 1.807) is 12.1 Å². The molecule has 0 bridgehead atoms. The SMILES string of the molecule is COc1ccc(-c2cnc(-n3nc(Cc4c(F)ccc(F)c4F)c4cc(F)ccc43)nc2)c(OC)n1. The molecule has 0 aliphatic carbocycles. The normalized spacial score (nSPS) is 11.2. The summed E-state index contributed by atoms with van der Waals surface area (Å²) in [5.74, 6) is -3.20. The first kappa shape index (κ1) is 23.2. The lowest BCUT2D eigenvalue weighted by Gasteiger charge is -2.09. The van der Waals surface area contributed by atoms with Crippen LogP contribution in [0.4, 0.5) is 17.6 Å². The van der Waals surface area contributed by atoms with Gasteiger partial charge in [0.25, 0.3) is 5.95 Å². The second kappa shape index (κ2) is 9.25. The van der Waals surface area contributed by atoms with E-state index < -0.39 is 35.3 Å². The van der Waals surface area contributed by atoms with Crippen molar-refractivity contribution in [1.29, 1.82) is 0 Å². The van der Waals surface area contributed by atoms with Crippen molar-refractivity contribution in [2.75, 3.05) is 14.2 Å². The fraction of sp³-hybridized carbons (Fsp3) is 0.120. The van der Waals surface area contributed by atoms with Crippen molar-refractivity contribution in [3.8, 4) is 28.8 Å². The second-order valence-electron chi connectivity index (χ2n) is 7.70. The van der Waals surface area contributed by atoms with Crippen molar-refractivity contribution in [3.63, 3.8) is 0 Å². The fourth-order valence-electron chi connectivity index (χ4n) is 3.82. The number of methoxy groups -OCH3 is 2. The van der Waals surface area contributed by atoms with Gasteiger partial charge in [-0.3, -0.25) is 0 Å². The highest BCUT2D eigenvalue weighted by Gasteiger charge is 2.20. The van der Waals surface area contributed by atoms with E-state index >= 15 is 0 Å². The maximum atomic E-state index is 14.3. The Bertz CT molecular complexity index is 1590. The number of hydrogen-bond donors (Lipinski definition) is 0. The highest BCUT2D eigenvalue weighted by Crippen LogP contribution is 2.30. The van der Waals surface area contributed by atoms with Crippen molar-refractivity contribution >= 4 is 10.9 Å². The van der Waals surface area contributed by atoms with Gasteiger partial charge in [-0.15, -0.1) is 0 Å². The maximum Gasteiger partial charge on any atom is 0.251 e. The number of benzene rings is 2. The van der Waals surface area contributed by atoms with Gasteiger partial charge in [0.1, 0.15) is 11.6 Å². The molecule has 3 heterocycles. The molecule has 0 saturated carbocycles. The van der Waals surface area contributed by atoms with Crippen molar-refractivity contribution in [3.05, 3.63) is 89.4 Å². The number of rotatable bonds is 6. The van der Waals surface area contributed by atoms with Gasteiger partial charge in [-0.05, 0) is 36.4 Å². The summed E-state index contributed by atoms with van der Waals surface area (Å²) < 4.78 is 68.1. The van der Waals surface area contributed by atoms with Gasteiger partial charge in [-0.25, -0.2) is 27.5 Å². The highest BCUT2D eigenvalue weighted by molar-refractivity contribution is 5.83. The first-order chi connectivity index (χ1) is 17.4. The second-order valence-corrected chi connectivity index (χ2v) is 7.70. The molecule has 0 unspecified atom stereocenters. The van der Waals surface area contributed by atoms with Gasteiger partial charge in [0, 0.05) is 47.0 Å². The first-order valence-electron chi connectivity index (χ1n) is 10.6. The minimum Gasteiger partial charge on any atom is -0.481 e. The number of aromatic nitrogens is 5. The van der Waals surface area contributed by atoms with Gasteiger partial charge in [0.05, 0.1) is 25.4 Å². The van der Waals surface area contributed by atoms with Crippen molar-refractivity contribution < 1.29 is 27.0 Å². The molecule has 0 aliphatic heterocycles. The highest BCUT2D eigenvalue weighted by atomic mass is 19.2. The van der Waals surface area contributed by atoms with Crippen LogP contribution in [-0.4, -0.2) is 39.0 Å². The van der Waals surface area contributed by atoms with E-state index in [1.165, 1.54) is 49.5 Å². The first-order valence-corrected chi connectivity index (χ1v) is 10.6. The van der Waals surface area contributed by atoms with E-state index in [0.717, 1.165) is 6.07 Å². The molecule has 7 nitrogen and oxygen atoms in total. The molecule has 0 amide bonds. The summed E-state index contributed by atoms with van der Waals surface area (Å²) in [6, 6.07) is 8.80. The lowest BCUT2D eigenvalue weighted by molar-refractivity contribution is 0.366. The molecule has 3 aromatic heterocycles.